The molecule has 0 saturated carbocycles. The Morgan fingerprint density at radius 1 is 0.760 bits per heavy atom. The molecule has 50 heavy (non-hydrogen) atoms. The summed E-state index contributed by atoms with van der Waals surface area (Å²) in [4.78, 5) is 29.7. The van der Waals surface area contributed by atoms with Crippen molar-refractivity contribution < 1.29 is 9.18 Å². The number of fused-ring (bicyclic) bond motifs is 1. The van der Waals surface area contributed by atoms with Gasteiger partial charge in [0.15, 0.2) is 0 Å². The van der Waals surface area contributed by atoms with Crippen molar-refractivity contribution in [2.45, 2.75) is 24.3 Å². The van der Waals surface area contributed by atoms with Gasteiger partial charge in [-0.15, -0.1) is 5.10 Å². The number of anilines is 2. The molecule has 7 aromatic rings. The third-order valence-electron chi connectivity index (χ3n) is 9.53. The third-order valence-corrected chi connectivity index (χ3v) is 9.82. The molecule has 7 nitrogen and oxygen atoms in total. The summed E-state index contributed by atoms with van der Waals surface area (Å²) >= 11 is 6.17. The van der Waals surface area contributed by atoms with Gasteiger partial charge in [-0.3, -0.25) is 4.79 Å². The summed E-state index contributed by atoms with van der Waals surface area (Å²) in [6.07, 6.45) is 6.95. The molecule has 1 unspecified atom stereocenters. The fraction of sp³-hybridized carbons (Fsp3) is 0.0976. The summed E-state index contributed by atoms with van der Waals surface area (Å²) in [5, 5.41) is 5.17. The van der Waals surface area contributed by atoms with Gasteiger partial charge in [0, 0.05) is 12.4 Å². The monoisotopic (exact) mass is 676 g/mol. The number of halogens is 2. The average Bonchev–Trinajstić information content (AvgIpc) is 3.72. The van der Waals surface area contributed by atoms with Gasteiger partial charge < -0.3 is 0 Å². The molecule has 244 valence electrons. The van der Waals surface area contributed by atoms with E-state index in [2.05, 4.69) is 46.4 Å². The van der Waals surface area contributed by atoms with Crippen molar-refractivity contribution in [3.63, 3.8) is 0 Å². The molecule has 0 fully saturated rings. The highest BCUT2D eigenvalue weighted by Gasteiger charge is 2.50. The van der Waals surface area contributed by atoms with Crippen LogP contribution in [0.15, 0.2) is 152 Å². The van der Waals surface area contributed by atoms with Crippen LogP contribution < -0.4 is 4.90 Å². The van der Waals surface area contributed by atoms with E-state index in [1.807, 2.05) is 84.4 Å². The summed E-state index contributed by atoms with van der Waals surface area (Å²) in [7, 11) is 0. The molecule has 8 rings (SSSR count). The van der Waals surface area contributed by atoms with Gasteiger partial charge in [-0.25, -0.2) is 23.9 Å². The average molecular weight is 677 g/mol. The number of benzene rings is 5. The number of carbonyl (C=O) groups excluding carboxylic acids is 1. The topological polar surface area (TPSA) is 76.8 Å². The maximum Gasteiger partial charge on any atom is 0.256 e. The lowest BCUT2D eigenvalue weighted by Gasteiger charge is -2.35. The van der Waals surface area contributed by atoms with E-state index >= 15 is 0 Å². The Hall–Kier alpha value is -5.99. The van der Waals surface area contributed by atoms with Gasteiger partial charge in [0.05, 0.1) is 16.1 Å². The van der Waals surface area contributed by atoms with E-state index in [1.165, 1.54) is 12.4 Å². The number of hydrogen-bond donors (Lipinski definition) is 0. The van der Waals surface area contributed by atoms with Crippen molar-refractivity contribution in [1.82, 2.24) is 24.7 Å². The van der Waals surface area contributed by atoms with Gasteiger partial charge in [-0.2, -0.15) is 4.98 Å². The van der Waals surface area contributed by atoms with Gasteiger partial charge in [0.1, 0.15) is 24.0 Å². The second-order valence-electron chi connectivity index (χ2n) is 12.6. The van der Waals surface area contributed by atoms with Gasteiger partial charge in [-0.05, 0) is 76.6 Å². The summed E-state index contributed by atoms with van der Waals surface area (Å²) in [6, 6.07) is 40.9. The first-order valence-corrected chi connectivity index (χ1v) is 16.5. The molecule has 1 aliphatic rings. The molecule has 9 heteroatoms. The molecule has 1 aliphatic heterocycles. The maximum atomic E-state index is 14.8. The minimum absolute atomic E-state index is 0.0263. The van der Waals surface area contributed by atoms with Crippen molar-refractivity contribution in [3.05, 3.63) is 191 Å². The number of carbonyl (C=O) groups is 1. The smallest absolute Gasteiger partial charge is 0.256 e. The van der Waals surface area contributed by atoms with E-state index in [4.69, 9.17) is 21.7 Å². The zero-order chi connectivity index (χ0) is 34.3. The standard InChI is InChI=1S/C41H30ClFN6O/c1-40(23-28-24-44-26-45-25-28)34-21-29(30-17-19-36(43)35(42)22-30)18-20-37(34)49(38(40)50)39-46-27-48(47-39)41(31-11-5-2-6-12-31,32-13-7-3-8-14-32)33-15-9-4-10-16-33/h2-22,24-27H,23H2,1H3. The Morgan fingerprint density at radius 2 is 1.32 bits per heavy atom. The Morgan fingerprint density at radius 3 is 1.90 bits per heavy atom. The number of hydrogen-bond acceptors (Lipinski definition) is 5. The lowest BCUT2D eigenvalue weighted by molar-refractivity contribution is -0.122. The van der Waals surface area contributed by atoms with Crippen LogP contribution in [0.4, 0.5) is 16.0 Å². The van der Waals surface area contributed by atoms with Crippen LogP contribution in [-0.4, -0.2) is 30.6 Å². The molecule has 0 N–H and O–H groups in total. The van der Waals surface area contributed by atoms with Gasteiger partial charge >= 0.3 is 0 Å². The van der Waals surface area contributed by atoms with E-state index in [0.29, 0.717) is 12.1 Å². The largest absolute Gasteiger partial charge is 0.273 e. The Labute approximate surface area is 293 Å². The maximum absolute atomic E-state index is 14.8. The van der Waals surface area contributed by atoms with Crippen LogP contribution in [0.25, 0.3) is 11.1 Å². The van der Waals surface area contributed by atoms with E-state index in [0.717, 1.165) is 38.9 Å². The molecule has 0 radical (unpaired) electrons. The predicted molar refractivity (Wildman–Crippen MR) is 192 cm³/mol. The number of amides is 1. The van der Waals surface area contributed by atoms with Crippen LogP contribution in [0.2, 0.25) is 5.02 Å². The van der Waals surface area contributed by atoms with Crippen LogP contribution in [0.5, 0.6) is 0 Å². The quantitative estimate of drug-likeness (QED) is 0.151. The first kappa shape index (κ1) is 31.3. The fourth-order valence-corrected chi connectivity index (χ4v) is 7.33. The van der Waals surface area contributed by atoms with E-state index in [9.17, 15) is 9.18 Å². The zero-order valence-corrected chi connectivity index (χ0v) is 27.7. The van der Waals surface area contributed by atoms with Gasteiger partial charge in [0.25, 0.3) is 5.95 Å². The lowest BCUT2D eigenvalue weighted by Crippen LogP contribution is -2.39. The third kappa shape index (κ3) is 5.07. The molecule has 0 aliphatic carbocycles. The summed E-state index contributed by atoms with van der Waals surface area (Å²) < 4.78 is 15.9. The predicted octanol–water partition coefficient (Wildman–Crippen LogP) is 8.55. The Kier molecular flexibility index (Phi) is 7.81. The van der Waals surface area contributed by atoms with Crippen LogP contribution >= 0.6 is 11.6 Å². The molecular weight excluding hydrogens is 647 g/mol. The first-order valence-electron chi connectivity index (χ1n) is 16.2. The van der Waals surface area contributed by atoms with Crippen LogP contribution in [0.1, 0.15) is 34.7 Å². The Bertz CT molecular complexity index is 2220. The molecule has 2 aromatic heterocycles. The summed E-state index contributed by atoms with van der Waals surface area (Å²) in [5.41, 5.74) is 4.80. The highest BCUT2D eigenvalue weighted by Crippen LogP contribution is 2.48. The molecule has 1 amide bonds. The van der Waals surface area contributed by atoms with Crippen molar-refractivity contribution in [2.75, 3.05) is 4.90 Å². The fourth-order valence-electron chi connectivity index (χ4n) is 7.15. The molecule has 3 heterocycles. The van der Waals surface area contributed by atoms with Gasteiger partial charge in [0.2, 0.25) is 5.91 Å². The van der Waals surface area contributed by atoms with Crippen molar-refractivity contribution in [2.24, 2.45) is 0 Å². The number of rotatable bonds is 8. The van der Waals surface area contributed by atoms with Crippen molar-refractivity contribution >= 4 is 29.1 Å². The van der Waals surface area contributed by atoms with E-state index in [-0.39, 0.29) is 16.9 Å². The highest BCUT2D eigenvalue weighted by molar-refractivity contribution is 6.31. The van der Waals surface area contributed by atoms with Crippen LogP contribution in [0, 0.1) is 5.82 Å². The molecule has 0 spiro atoms. The SMILES string of the molecule is CC1(Cc2cncnc2)C(=O)N(c2ncn(C(c3ccccc3)(c3ccccc3)c3ccccc3)n2)c2ccc(-c3ccc(F)c(Cl)c3)cc21. The van der Waals surface area contributed by atoms with Gasteiger partial charge in [-0.1, -0.05) is 115 Å². The number of aromatic nitrogens is 5. The van der Waals surface area contributed by atoms with Crippen molar-refractivity contribution in [3.8, 4) is 11.1 Å². The molecule has 0 bridgehead atoms. The van der Waals surface area contributed by atoms with E-state index in [1.54, 1.807) is 35.8 Å². The zero-order valence-electron chi connectivity index (χ0n) is 27.0. The van der Waals surface area contributed by atoms with Crippen LogP contribution in [-0.2, 0) is 22.2 Å². The molecule has 0 saturated heterocycles. The molecular formula is C41H30ClFN6O. The highest BCUT2D eigenvalue weighted by atomic mass is 35.5. The second-order valence-corrected chi connectivity index (χ2v) is 13.0. The second kappa shape index (κ2) is 12.5. The molecule has 1 atom stereocenters. The van der Waals surface area contributed by atoms with Crippen molar-refractivity contribution in [1.29, 1.82) is 0 Å². The normalized spacial score (nSPS) is 15.7. The molecule has 5 aromatic carbocycles. The van der Waals surface area contributed by atoms with Crippen LogP contribution in [0.3, 0.4) is 0 Å². The minimum Gasteiger partial charge on any atom is -0.273 e. The first-order chi connectivity index (χ1) is 24.4. The van der Waals surface area contributed by atoms with E-state index < -0.39 is 16.8 Å². The summed E-state index contributed by atoms with van der Waals surface area (Å²) in [5.74, 6) is -0.437. The summed E-state index contributed by atoms with van der Waals surface area (Å²) in [6.45, 7) is 1.92. The lowest BCUT2D eigenvalue weighted by atomic mass is 9.77. The number of nitrogens with zero attached hydrogens (tertiary/aromatic N) is 6. The Balaban J connectivity index is 1.31. The minimum atomic E-state index is -1.03.